The van der Waals surface area contributed by atoms with E-state index in [1.165, 1.54) is 0 Å². The van der Waals surface area contributed by atoms with Gasteiger partial charge in [-0.1, -0.05) is 19.1 Å². The zero-order valence-corrected chi connectivity index (χ0v) is 14.0. The van der Waals surface area contributed by atoms with Crippen LogP contribution in [0.5, 0.6) is 0 Å². The highest BCUT2D eigenvalue weighted by Crippen LogP contribution is 2.27. The maximum atomic E-state index is 12.4. The molecule has 1 aromatic carbocycles. The molecule has 1 amide bonds. The van der Waals surface area contributed by atoms with Gasteiger partial charge in [0.25, 0.3) is 0 Å². The van der Waals surface area contributed by atoms with E-state index in [2.05, 4.69) is 5.32 Å². The number of hydrogen-bond donors (Lipinski definition) is 2. The lowest BCUT2D eigenvalue weighted by atomic mass is 9.84. The number of benzene rings is 1. The highest BCUT2D eigenvalue weighted by molar-refractivity contribution is 5.92. The number of aliphatic carboxylic acids is 1. The summed E-state index contributed by atoms with van der Waals surface area (Å²) in [6.45, 7) is 6.72. The van der Waals surface area contributed by atoms with Gasteiger partial charge >= 0.3 is 5.97 Å². The van der Waals surface area contributed by atoms with Crippen molar-refractivity contribution < 1.29 is 19.4 Å². The summed E-state index contributed by atoms with van der Waals surface area (Å²) < 4.78 is 5.33. The Balaban J connectivity index is 2.00. The predicted molar refractivity (Wildman–Crippen MR) is 88.4 cm³/mol. The number of carbonyl (C=O) groups excluding carboxylic acids is 1. The maximum absolute atomic E-state index is 12.4. The number of carbonyl (C=O) groups is 2. The lowest BCUT2D eigenvalue weighted by Gasteiger charge is -2.27. The number of anilines is 1. The largest absolute Gasteiger partial charge is 0.481 e. The average Bonchev–Trinajstić information content (AvgIpc) is 2.55. The van der Waals surface area contributed by atoms with E-state index in [0.29, 0.717) is 17.2 Å². The van der Waals surface area contributed by atoms with Crippen molar-refractivity contribution in [3.63, 3.8) is 0 Å². The second-order valence-corrected chi connectivity index (χ2v) is 6.74. The molecule has 23 heavy (non-hydrogen) atoms. The molecule has 1 heterocycles. The Bertz CT molecular complexity index is 559. The predicted octanol–water partition coefficient (Wildman–Crippen LogP) is 3.05. The Hall–Kier alpha value is -1.88. The average molecular weight is 319 g/mol. The molecule has 5 nitrogen and oxygen atoms in total. The van der Waals surface area contributed by atoms with Crippen molar-refractivity contribution in [2.45, 2.75) is 39.0 Å². The van der Waals surface area contributed by atoms with Crippen molar-refractivity contribution in [3.8, 4) is 0 Å². The van der Waals surface area contributed by atoms with Crippen molar-refractivity contribution in [1.82, 2.24) is 0 Å². The molecule has 0 spiro atoms. The van der Waals surface area contributed by atoms with E-state index < -0.39 is 11.4 Å². The van der Waals surface area contributed by atoms with E-state index in [1.807, 2.05) is 6.92 Å². The van der Waals surface area contributed by atoms with Gasteiger partial charge in [-0.15, -0.1) is 0 Å². The molecule has 1 fully saturated rings. The molecule has 5 heteroatoms. The Kier molecular flexibility index (Phi) is 5.42. The molecular formula is C18H25NO4. The first-order valence-corrected chi connectivity index (χ1v) is 8.05. The number of carboxylic acid groups (broad SMARTS) is 1. The highest BCUT2D eigenvalue weighted by Gasteiger charge is 2.29. The van der Waals surface area contributed by atoms with Crippen LogP contribution in [0.15, 0.2) is 24.3 Å². The fourth-order valence-electron chi connectivity index (χ4n) is 2.78. The van der Waals surface area contributed by atoms with E-state index in [9.17, 15) is 14.7 Å². The smallest absolute Gasteiger partial charge is 0.313 e. The van der Waals surface area contributed by atoms with Crippen LogP contribution in [-0.2, 0) is 19.7 Å². The highest BCUT2D eigenvalue weighted by atomic mass is 16.5. The second kappa shape index (κ2) is 7.13. The number of carboxylic acids is 1. The molecule has 0 radical (unpaired) electrons. The standard InChI is InChI=1S/C18H25NO4/c1-12(13-8-10-23-11-9-13)16(20)19-15-6-4-14(5-7-15)18(2,3)17(21)22/h4-7,12-13H,8-11H2,1-3H3,(H,19,20)(H,21,22). The third-order valence-electron chi connectivity index (χ3n) is 4.80. The van der Waals surface area contributed by atoms with Gasteiger partial charge in [0.2, 0.25) is 5.91 Å². The van der Waals surface area contributed by atoms with Gasteiger partial charge in [0.05, 0.1) is 5.41 Å². The van der Waals surface area contributed by atoms with Gasteiger partial charge in [-0.2, -0.15) is 0 Å². The molecule has 2 rings (SSSR count). The third kappa shape index (κ3) is 4.10. The van der Waals surface area contributed by atoms with Gasteiger partial charge in [0, 0.05) is 24.8 Å². The molecule has 0 aromatic heterocycles. The van der Waals surface area contributed by atoms with Crippen molar-refractivity contribution in [2.75, 3.05) is 18.5 Å². The summed E-state index contributed by atoms with van der Waals surface area (Å²) in [5.74, 6) is -0.576. The van der Waals surface area contributed by atoms with Crippen LogP contribution in [0.3, 0.4) is 0 Å². The normalized spacial score (nSPS) is 17.5. The SMILES string of the molecule is CC(C(=O)Nc1ccc(C(C)(C)C(=O)O)cc1)C1CCOCC1. The molecule has 1 aliphatic rings. The minimum Gasteiger partial charge on any atom is -0.481 e. The number of hydrogen-bond acceptors (Lipinski definition) is 3. The minimum atomic E-state index is -0.947. The zero-order chi connectivity index (χ0) is 17.0. The van der Waals surface area contributed by atoms with Gasteiger partial charge in [-0.05, 0) is 50.3 Å². The molecule has 1 aliphatic heterocycles. The van der Waals surface area contributed by atoms with Crippen molar-refractivity contribution in [2.24, 2.45) is 11.8 Å². The summed E-state index contributed by atoms with van der Waals surface area (Å²) in [6, 6.07) is 7.02. The number of amides is 1. The molecule has 0 saturated carbocycles. The first-order valence-electron chi connectivity index (χ1n) is 8.05. The van der Waals surface area contributed by atoms with Crippen LogP contribution in [0.4, 0.5) is 5.69 Å². The molecule has 1 saturated heterocycles. The van der Waals surface area contributed by atoms with Crippen molar-refractivity contribution in [3.05, 3.63) is 29.8 Å². The molecule has 126 valence electrons. The van der Waals surface area contributed by atoms with Gasteiger partial charge in [0.1, 0.15) is 0 Å². The Morgan fingerprint density at radius 2 is 1.78 bits per heavy atom. The minimum absolute atomic E-state index is 0.00199. The zero-order valence-electron chi connectivity index (χ0n) is 14.0. The summed E-state index contributed by atoms with van der Waals surface area (Å²) in [6.07, 6.45) is 1.83. The molecule has 1 atom stereocenters. The summed E-state index contributed by atoms with van der Waals surface area (Å²) in [5.41, 5.74) is 0.456. The Labute approximate surface area is 137 Å². The second-order valence-electron chi connectivity index (χ2n) is 6.74. The molecule has 1 unspecified atom stereocenters. The van der Waals surface area contributed by atoms with E-state index in [0.717, 1.165) is 26.1 Å². The van der Waals surface area contributed by atoms with E-state index in [1.54, 1.807) is 38.1 Å². The van der Waals surface area contributed by atoms with Crippen LogP contribution < -0.4 is 5.32 Å². The summed E-state index contributed by atoms with van der Waals surface area (Å²) in [5, 5.41) is 12.2. The van der Waals surface area contributed by atoms with Crippen LogP contribution in [0.2, 0.25) is 0 Å². The number of ether oxygens (including phenoxy) is 1. The molecule has 0 bridgehead atoms. The number of nitrogens with one attached hydrogen (secondary N) is 1. The molecule has 0 aliphatic carbocycles. The van der Waals surface area contributed by atoms with Crippen LogP contribution >= 0.6 is 0 Å². The van der Waals surface area contributed by atoms with E-state index in [-0.39, 0.29) is 11.8 Å². The topological polar surface area (TPSA) is 75.6 Å². The van der Waals surface area contributed by atoms with Crippen LogP contribution in [-0.4, -0.2) is 30.2 Å². The first-order chi connectivity index (χ1) is 10.8. The lowest BCUT2D eigenvalue weighted by molar-refractivity contribution is -0.142. The fraction of sp³-hybridized carbons (Fsp3) is 0.556. The van der Waals surface area contributed by atoms with Gasteiger partial charge in [-0.3, -0.25) is 9.59 Å². The maximum Gasteiger partial charge on any atom is 0.313 e. The quantitative estimate of drug-likeness (QED) is 0.874. The molecule has 2 N–H and O–H groups in total. The molecular weight excluding hydrogens is 294 g/mol. The summed E-state index contributed by atoms with van der Waals surface area (Å²) in [7, 11) is 0. The van der Waals surface area contributed by atoms with Gasteiger partial charge < -0.3 is 15.2 Å². The molecule has 1 aromatic rings. The van der Waals surface area contributed by atoms with Crippen molar-refractivity contribution in [1.29, 1.82) is 0 Å². The first kappa shape index (κ1) is 17.5. The lowest BCUT2D eigenvalue weighted by Crippen LogP contribution is -2.31. The monoisotopic (exact) mass is 319 g/mol. The van der Waals surface area contributed by atoms with Crippen LogP contribution in [0.1, 0.15) is 39.2 Å². The van der Waals surface area contributed by atoms with E-state index in [4.69, 9.17) is 4.74 Å². The summed E-state index contributed by atoms with van der Waals surface area (Å²) >= 11 is 0. The van der Waals surface area contributed by atoms with Crippen LogP contribution in [0.25, 0.3) is 0 Å². The third-order valence-corrected chi connectivity index (χ3v) is 4.80. The summed E-state index contributed by atoms with van der Waals surface area (Å²) in [4.78, 5) is 23.6. The Morgan fingerprint density at radius 3 is 2.30 bits per heavy atom. The van der Waals surface area contributed by atoms with Gasteiger partial charge in [-0.25, -0.2) is 0 Å². The fourth-order valence-corrected chi connectivity index (χ4v) is 2.78. The van der Waals surface area contributed by atoms with Crippen LogP contribution in [0, 0.1) is 11.8 Å². The van der Waals surface area contributed by atoms with Gasteiger partial charge in [0.15, 0.2) is 0 Å². The number of rotatable bonds is 5. The Morgan fingerprint density at radius 1 is 1.22 bits per heavy atom. The van der Waals surface area contributed by atoms with E-state index >= 15 is 0 Å². The van der Waals surface area contributed by atoms with Crippen molar-refractivity contribution >= 4 is 17.6 Å².